The van der Waals surface area contributed by atoms with E-state index in [0.29, 0.717) is 38.5 Å². The number of carbonyl (C=O) groups is 12. The quantitative estimate of drug-likeness (QED) is 0.120. The first-order valence-corrected chi connectivity index (χ1v) is 27.6. The molecule has 4 aliphatic heterocycles. The van der Waals surface area contributed by atoms with Gasteiger partial charge in [0.1, 0.15) is 40.5 Å². The number of carbonyl (C=O) groups excluding carboxylic acids is 12. The lowest BCUT2D eigenvalue weighted by Gasteiger charge is -2.56. The third-order valence-electron chi connectivity index (χ3n) is 14.9. The number of methoxy groups -OCH3 is 1. The number of hydrogen-bond acceptors (Lipinski definition) is 20. The van der Waals surface area contributed by atoms with E-state index >= 15 is 0 Å². The van der Waals surface area contributed by atoms with Crippen LogP contribution in [0.1, 0.15) is 148 Å². The fourth-order valence-corrected chi connectivity index (χ4v) is 10.6. The van der Waals surface area contributed by atoms with Crippen LogP contribution >= 0.6 is 0 Å². The van der Waals surface area contributed by atoms with Crippen molar-refractivity contribution in [2.75, 3.05) is 66.2 Å². The van der Waals surface area contributed by atoms with Gasteiger partial charge in [-0.25, -0.2) is 14.4 Å². The molecule has 0 aromatic rings. The van der Waals surface area contributed by atoms with Crippen LogP contribution in [0.3, 0.4) is 0 Å². The number of ketones is 1. The molecule has 454 valence electrons. The van der Waals surface area contributed by atoms with E-state index in [9.17, 15) is 57.5 Å². The molecule has 81 heavy (non-hydrogen) atoms. The van der Waals surface area contributed by atoms with E-state index in [0.717, 1.165) is 7.11 Å². The van der Waals surface area contributed by atoms with Gasteiger partial charge in [0.05, 0.1) is 55.1 Å². The maximum absolute atomic E-state index is 13.0. The fraction of sp³-hybridized carbons (Fsp3) is 0.782. The first-order chi connectivity index (χ1) is 37.4. The van der Waals surface area contributed by atoms with Crippen LogP contribution in [-0.4, -0.2) is 192 Å². The number of rotatable bonds is 15. The molecule has 7 rings (SSSR count). The summed E-state index contributed by atoms with van der Waals surface area (Å²) in [6.07, 6.45) is 0.926. The molecule has 3 N–H and O–H groups in total. The summed E-state index contributed by atoms with van der Waals surface area (Å²) in [7, 11) is 1.14. The van der Waals surface area contributed by atoms with Crippen LogP contribution in [0.2, 0.25) is 0 Å². The first kappa shape index (κ1) is 65.1. The minimum atomic E-state index is -1.46. The van der Waals surface area contributed by atoms with Crippen molar-refractivity contribution in [1.29, 1.82) is 0 Å². The molecule has 4 saturated heterocycles. The van der Waals surface area contributed by atoms with Gasteiger partial charge in [0.2, 0.25) is 17.7 Å². The molecule has 6 amide bonds. The molecule has 26 nitrogen and oxygen atoms in total. The first-order valence-electron chi connectivity index (χ1n) is 27.6. The third kappa shape index (κ3) is 14.5. The number of nitrogens with one attached hydrogen (secondary N) is 3. The standard InChI is InChI=1S/C20H32N2O7.C19H30N2O7.C16H22N2O6/c1-7-27-15(24)10-14(23)21-20(8-9-20)19(16(25)28-13(2)3)11-22(12-19)17(26)29-18(4,5)6;1-6-26-14(23)10-13(22)20-19(8-9-19)18(15(24)27-7-2)11-21(12-18)16(25)28-17(3,4)5;1-14(2,3)24-13(22)18-7-15(8-18)10(19)9(12(21)23-4)11(20)17-16(15)5-6-16/h13H,7-12H2,1-6H3,(H,21,23);6-12H2,1-5H3,(H,20,22);9H,5-8H2,1-4H3,(H,17,20). The number of ether oxygens (including phenoxy) is 8. The smallest absolute Gasteiger partial charge is 0.410 e. The number of likely N-dealkylation sites (tertiary alicyclic amines) is 3. The van der Waals surface area contributed by atoms with Gasteiger partial charge in [-0.2, -0.15) is 0 Å². The van der Waals surface area contributed by atoms with Crippen molar-refractivity contribution < 1.29 is 95.4 Å². The molecule has 0 bridgehead atoms. The maximum Gasteiger partial charge on any atom is 0.410 e. The third-order valence-corrected chi connectivity index (χ3v) is 14.9. The Bertz CT molecular complexity index is 2470. The summed E-state index contributed by atoms with van der Waals surface area (Å²) in [6, 6.07) is 0. The van der Waals surface area contributed by atoms with Gasteiger partial charge in [0.15, 0.2) is 11.7 Å². The summed E-state index contributed by atoms with van der Waals surface area (Å²) in [5, 5.41) is 8.49. The second kappa shape index (κ2) is 24.0. The van der Waals surface area contributed by atoms with Crippen LogP contribution < -0.4 is 16.0 Å². The fourth-order valence-electron chi connectivity index (χ4n) is 10.6. The molecule has 4 heterocycles. The Balaban J connectivity index is 0.000000224. The molecule has 7 fully saturated rings. The zero-order valence-corrected chi connectivity index (χ0v) is 49.7. The highest BCUT2D eigenvalue weighted by atomic mass is 16.6. The van der Waals surface area contributed by atoms with Crippen LogP contribution in [0.5, 0.6) is 0 Å². The predicted octanol–water partition coefficient (Wildman–Crippen LogP) is 3.41. The Hall–Kier alpha value is -6.76. The van der Waals surface area contributed by atoms with Crippen LogP contribution in [0.15, 0.2) is 0 Å². The number of piperidine rings is 1. The Labute approximate surface area is 472 Å². The average Bonchev–Trinajstić information content (AvgIpc) is 2.37. The van der Waals surface area contributed by atoms with E-state index in [2.05, 4.69) is 20.7 Å². The van der Waals surface area contributed by atoms with Gasteiger partial charge in [-0.1, -0.05) is 0 Å². The molecule has 3 aliphatic carbocycles. The molecule has 1 unspecified atom stereocenters. The second-order valence-electron chi connectivity index (χ2n) is 25.0. The molecule has 7 aliphatic rings. The highest BCUT2D eigenvalue weighted by Gasteiger charge is 2.75. The van der Waals surface area contributed by atoms with E-state index in [4.69, 9.17) is 33.2 Å². The zero-order chi connectivity index (χ0) is 61.1. The molecular weight excluding hydrogens is 1060 g/mol. The van der Waals surface area contributed by atoms with Gasteiger partial charge in [-0.15, -0.1) is 0 Å². The molecular formula is C55H84N6O20. The number of Topliss-reactive ketones (excluding diaryl/α,β-unsaturated/α-hetero) is 1. The lowest BCUT2D eigenvalue weighted by molar-refractivity contribution is -0.176. The molecule has 26 heteroatoms. The van der Waals surface area contributed by atoms with Crippen molar-refractivity contribution in [3.63, 3.8) is 0 Å². The van der Waals surface area contributed by atoms with Gasteiger partial charge in [0, 0.05) is 39.3 Å². The number of esters is 5. The van der Waals surface area contributed by atoms with Crippen molar-refractivity contribution in [2.24, 2.45) is 22.2 Å². The van der Waals surface area contributed by atoms with E-state index < -0.39 is 140 Å². The number of nitrogens with zero attached hydrogens (tertiary/aromatic N) is 3. The normalized spacial score (nSPS) is 21.3. The van der Waals surface area contributed by atoms with Gasteiger partial charge < -0.3 is 68.5 Å². The van der Waals surface area contributed by atoms with Crippen LogP contribution in [0, 0.1) is 22.2 Å². The van der Waals surface area contributed by atoms with Crippen molar-refractivity contribution in [3.05, 3.63) is 0 Å². The summed E-state index contributed by atoms with van der Waals surface area (Å²) in [6.45, 7) is 25.7. The lowest BCUT2D eigenvalue weighted by Crippen LogP contribution is -2.77. The highest BCUT2D eigenvalue weighted by molar-refractivity contribution is 6.21. The number of amides is 6. The number of fused-ring (bicyclic) bond motifs is 1. The molecule has 0 radical (unpaired) electrons. The summed E-state index contributed by atoms with van der Waals surface area (Å²) < 4.78 is 40.9. The second-order valence-corrected chi connectivity index (χ2v) is 25.0. The largest absolute Gasteiger partial charge is 0.468 e. The minimum Gasteiger partial charge on any atom is -0.468 e. The predicted molar refractivity (Wildman–Crippen MR) is 282 cm³/mol. The molecule has 0 aromatic carbocycles. The topological polar surface area (TPSA) is 324 Å². The average molecular weight is 1150 g/mol. The lowest BCUT2D eigenvalue weighted by atomic mass is 9.62. The van der Waals surface area contributed by atoms with Gasteiger partial charge >= 0.3 is 48.1 Å². The summed E-state index contributed by atoms with van der Waals surface area (Å²) in [5.41, 5.74) is -7.23. The summed E-state index contributed by atoms with van der Waals surface area (Å²) in [4.78, 5) is 152. The van der Waals surface area contributed by atoms with Crippen molar-refractivity contribution >= 4 is 71.6 Å². The minimum absolute atomic E-state index is 0.0904. The zero-order valence-electron chi connectivity index (χ0n) is 49.7. The Kier molecular flexibility index (Phi) is 19.3. The van der Waals surface area contributed by atoms with E-state index in [1.807, 2.05) is 0 Å². The Morgan fingerprint density at radius 1 is 0.556 bits per heavy atom. The monoisotopic (exact) mass is 1150 g/mol. The summed E-state index contributed by atoms with van der Waals surface area (Å²) >= 11 is 0. The van der Waals surface area contributed by atoms with E-state index in [1.165, 1.54) is 14.7 Å². The van der Waals surface area contributed by atoms with Gasteiger partial charge in [0.25, 0.3) is 0 Å². The van der Waals surface area contributed by atoms with Crippen LogP contribution in [-0.2, 0) is 81.0 Å². The van der Waals surface area contributed by atoms with Crippen LogP contribution in [0.4, 0.5) is 14.4 Å². The maximum atomic E-state index is 13.0. The summed E-state index contributed by atoms with van der Waals surface area (Å²) in [5.74, 6) is -6.53. The van der Waals surface area contributed by atoms with Gasteiger partial charge in [-0.3, -0.25) is 43.2 Å². The Morgan fingerprint density at radius 2 is 0.914 bits per heavy atom. The van der Waals surface area contributed by atoms with Crippen LogP contribution in [0.25, 0.3) is 0 Å². The highest BCUT2D eigenvalue weighted by Crippen LogP contribution is 2.59. The SMILES string of the molecule is CCOC(=O)CC(=O)NC1(C2(C(=O)OC(C)C)CN(C(=O)OC(C)(C)C)C2)CC1.CCOC(=O)CC(=O)NC1(C2(C(=O)OCC)CN(C(=O)OC(C)(C)C)C2)CC1.COC(=O)C1C(=O)NC2(CC2)C2(CN(C(=O)OC(C)(C)C)C2)C1=O. The molecule has 0 aromatic heterocycles. The Morgan fingerprint density at radius 3 is 1.22 bits per heavy atom. The van der Waals surface area contributed by atoms with Crippen molar-refractivity contribution in [3.8, 4) is 0 Å². The molecule has 1 atom stereocenters. The number of hydrogen-bond donors (Lipinski definition) is 3. The van der Waals surface area contributed by atoms with Gasteiger partial charge in [-0.05, 0) is 135 Å². The molecule has 3 saturated carbocycles. The van der Waals surface area contributed by atoms with Crippen molar-refractivity contribution in [2.45, 2.75) is 188 Å². The molecule has 2 spiro atoms. The van der Waals surface area contributed by atoms with Crippen molar-refractivity contribution in [1.82, 2.24) is 30.7 Å². The van der Waals surface area contributed by atoms with E-state index in [-0.39, 0.29) is 65.2 Å². The van der Waals surface area contributed by atoms with E-state index in [1.54, 1.807) is 96.9 Å².